The molecule has 2 saturated heterocycles. The summed E-state index contributed by atoms with van der Waals surface area (Å²) in [5.74, 6) is -0.429. The Balaban J connectivity index is 1.54. The number of hydrogen-bond acceptors (Lipinski definition) is 5. The van der Waals surface area contributed by atoms with Gasteiger partial charge in [-0.15, -0.1) is 0 Å². The van der Waals surface area contributed by atoms with E-state index in [4.69, 9.17) is 0 Å². The van der Waals surface area contributed by atoms with Crippen LogP contribution in [0.1, 0.15) is 5.56 Å². The molecule has 2 amide bonds. The maximum Gasteiger partial charge on any atom is 0.417 e. The molecule has 0 N–H and O–H groups in total. The number of hydrogen-bond donors (Lipinski definition) is 0. The second-order valence-electron chi connectivity index (χ2n) is 5.48. The number of sulfonamides is 1. The molecule has 7 nitrogen and oxygen atoms in total. The van der Waals surface area contributed by atoms with Crippen molar-refractivity contribution in [2.75, 3.05) is 26.2 Å². The fourth-order valence-corrected chi connectivity index (χ4v) is 4.23. The van der Waals surface area contributed by atoms with Crippen molar-refractivity contribution in [2.45, 2.75) is 5.75 Å². The maximum atomic E-state index is 12.2. The van der Waals surface area contributed by atoms with E-state index in [1.807, 2.05) is 6.07 Å². The molecule has 2 aliphatic heterocycles. The molecule has 3 rings (SSSR count). The molecule has 0 aromatic heterocycles. The minimum Gasteiger partial charge on any atom is -0.439 e. The Morgan fingerprint density at radius 3 is 2.41 bits per heavy atom. The van der Waals surface area contributed by atoms with Gasteiger partial charge in [-0.05, 0) is 5.56 Å². The number of nitrogens with zero attached hydrogens (tertiary/aromatic N) is 2. The van der Waals surface area contributed by atoms with Crippen molar-refractivity contribution in [2.24, 2.45) is 5.92 Å². The van der Waals surface area contributed by atoms with Crippen LogP contribution in [-0.2, 0) is 25.3 Å². The van der Waals surface area contributed by atoms with Gasteiger partial charge in [-0.3, -0.25) is 4.79 Å². The van der Waals surface area contributed by atoms with Gasteiger partial charge >= 0.3 is 6.09 Å². The first-order chi connectivity index (χ1) is 10.5. The van der Waals surface area contributed by atoms with Gasteiger partial charge in [-0.1, -0.05) is 30.3 Å². The number of carbonyl (C=O) groups excluding carboxylic acids is 2. The highest BCUT2D eigenvalue weighted by atomic mass is 32.2. The van der Waals surface area contributed by atoms with Crippen molar-refractivity contribution < 1.29 is 22.7 Å². The lowest BCUT2D eigenvalue weighted by Crippen LogP contribution is -2.54. The van der Waals surface area contributed by atoms with Gasteiger partial charge in [-0.2, -0.15) is 0 Å². The molecule has 118 valence electrons. The molecule has 0 atom stereocenters. The van der Waals surface area contributed by atoms with Crippen molar-refractivity contribution in [1.29, 1.82) is 0 Å². The molecule has 0 unspecified atom stereocenters. The second kappa shape index (κ2) is 5.69. The number of rotatable bonds is 5. The zero-order chi connectivity index (χ0) is 15.7. The first kappa shape index (κ1) is 15.0. The summed E-state index contributed by atoms with van der Waals surface area (Å²) in [5.41, 5.74) is 0.740. The molecule has 1 aromatic carbocycles. The molecule has 2 fully saturated rings. The fourth-order valence-electron chi connectivity index (χ4n) is 2.56. The molecular weight excluding hydrogens is 308 g/mol. The molecule has 2 heterocycles. The predicted octanol–water partition coefficient (Wildman–Crippen LogP) is 0.427. The molecule has 0 radical (unpaired) electrons. The molecule has 0 spiro atoms. The Labute approximate surface area is 128 Å². The van der Waals surface area contributed by atoms with E-state index in [-0.39, 0.29) is 30.7 Å². The largest absolute Gasteiger partial charge is 0.439 e. The lowest BCUT2D eigenvalue weighted by atomic mass is 10.0. The van der Waals surface area contributed by atoms with Crippen LogP contribution < -0.4 is 0 Å². The van der Waals surface area contributed by atoms with Gasteiger partial charge < -0.3 is 4.74 Å². The SMILES string of the molecule is O=C1COC(=O)N1CC1CN(S(=O)(=O)Cc2ccccc2)C1. The molecule has 1 aromatic rings. The van der Waals surface area contributed by atoms with E-state index < -0.39 is 16.1 Å². The monoisotopic (exact) mass is 324 g/mol. The van der Waals surface area contributed by atoms with Crippen LogP contribution in [0.25, 0.3) is 0 Å². The normalized spacial score (nSPS) is 20.1. The second-order valence-corrected chi connectivity index (χ2v) is 7.45. The Kier molecular flexibility index (Phi) is 3.88. The summed E-state index contributed by atoms with van der Waals surface area (Å²) in [6.07, 6.45) is -0.643. The summed E-state index contributed by atoms with van der Waals surface area (Å²) in [6.45, 7) is 0.648. The highest BCUT2D eigenvalue weighted by Gasteiger charge is 2.40. The van der Waals surface area contributed by atoms with Gasteiger partial charge in [0.2, 0.25) is 10.0 Å². The van der Waals surface area contributed by atoms with Crippen LogP contribution in [0.4, 0.5) is 4.79 Å². The summed E-state index contributed by atoms with van der Waals surface area (Å²) < 4.78 is 30.5. The molecular formula is C14H16N2O5S. The van der Waals surface area contributed by atoms with Crippen LogP contribution in [0.3, 0.4) is 0 Å². The van der Waals surface area contributed by atoms with Crippen molar-refractivity contribution >= 4 is 22.0 Å². The Morgan fingerprint density at radius 1 is 1.14 bits per heavy atom. The first-order valence-corrected chi connectivity index (χ1v) is 8.55. The average Bonchev–Trinajstić information content (AvgIpc) is 2.73. The number of imide groups is 1. The van der Waals surface area contributed by atoms with Gasteiger partial charge in [0, 0.05) is 25.6 Å². The number of ether oxygens (including phenoxy) is 1. The third kappa shape index (κ3) is 2.97. The highest BCUT2D eigenvalue weighted by molar-refractivity contribution is 7.88. The molecule has 0 saturated carbocycles. The Morgan fingerprint density at radius 2 is 1.82 bits per heavy atom. The fraction of sp³-hybridized carbons (Fsp3) is 0.429. The Hall–Kier alpha value is -1.93. The summed E-state index contributed by atoms with van der Waals surface area (Å²) in [6, 6.07) is 8.98. The van der Waals surface area contributed by atoms with E-state index in [1.54, 1.807) is 24.3 Å². The standard InChI is InChI=1S/C14H16N2O5S/c17-13-9-21-14(18)16(13)8-12-6-15(7-12)22(19,20)10-11-4-2-1-3-5-11/h1-5,12H,6-10H2. The quantitative estimate of drug-likeness (QED) is 0.784. The van der Waals surface area contributed by atoms with Crippen molar-refractivity contribution in [1.82, 2.24) is 9.21 Å². The van der Waals surface area contributed by atoms with Gasteiger partial charge in [0.25, 0.3) is 5.91 Å². The number of benzene rings is 1. The topological polar surface area (TPSA) is 84.0 Å². The minimum atomic E-state index is -3.36. The zero-order valence-electron chi connectivity index (χ0n) is 11.8. The number of amides is 2. The van der Waals surface area contributed by atoms with Gasteiger partial charge in [0.15, 0.2) is 6.61 Å². The number of cyclic esters (lactones) is 1. The van der Waals surface area contributed by atoms with E-state index in [0.29, 0.717) is 13.1 Å². The van der Waals surface area contributed by atoms with Crippen LogP contribution in [0.5, 0.6) is 0 Å². The summed E-state index contributed by atoms with van der Waals surface area (Å²) >= 11 is 0. The van der Waals surface area contributed by atoms with Crippen molar-refractivity contribution in [3.8, 4) is 0 Å². The molecule has 8 heteroatoms. The van der Waals surface area contributed by atoms with Crippen LogP contribution in [0, 0.1) is 5.92 Å². The zero-order valence-corrected chi connectivity index (χ0v) is 12.7. The van der Waals surface area contributed by atoms with Crippen LogP contribution in [-0.4, -0.2) is 55.9 Å². The van der Waals surface area contributed by atoms with Crippen LogP contribution in [0.2, 0.25) is 0 Å². The Bertz CT molecular complexity index is 666. The lowest BCUT2D eigenvalue weighted by Gasteiger charge is -2.39. The van der Waals surface area contributed by atoms with Crippen LogP contribution >= 0.6 is 0 Å². The maximum absolute atomic E-state index is 12.2. The van der Waals surface area contributed by atoms with Crippen molar-refractivity contribution in [3.05, 3.63) is 35.9 Å². The van der Waals surface area contributed by atoms with E-state index in [2.05, 4.69) is 4.74 Å². The predicted molar refractivity (Wildman–Crippen MR) is 77.2 cm³/mol. The summed E-state index contributed by atoms with van der Waals surface area (Å²) in [4.78, 5) is 23.8. The smallest absolute Gasteiger partial charge is 0.417 e. The highest BCUT2D eigenvalue weighted by Crippen LogP contribution is 2.24. The van der Waals surface area contributed by atoms with Gasteiger partial charge in [-0.25, -0.2) is 22.4 Å². The average molecular weight is 324 g/mol. The van der Waals surface area contributed by atoms with Gasteiger partial charge in [0.1, 0.15) is 0 Å². The third-order valence-corrected chi connectivity index (χ3v) is 5.57. The van der Waals surface area contributed by atoms with E-state index in [0.717, 1.165) is 10.5 Å². The molecule has 22 heavy (non-hydrogen) atoms. The molecule has 2 aliphatic rings. The van der Waals surface area contributed by atoms with E-state index >= 15 is 0 Å². The minimum absolute atomic E-state index is 0.0276. The van der Waals surface area contributed by atoms with Crippen molar-refractivity contribution in [3.63, 3.8) is 0 Å². The molecule has 0 aliphatic carbocycles. The number of carbonyl (C=O) groups is 2. The van der Waals surface area contributed by atoms with E-state index in [1.165, 1.54) is 4.31 Å². The third-order valence-electron chi connectivity index (χ3n) is 3.79. The molecule has 0 bridgehead atoms. The first-order valence-electron chi connectivity index (χ1n) is 6.94. The summed E-state index contributed by atoms with van der Waals surface area (Å²) in [5, 5.41) is 0. The van der Waals surface area contributed by atoms with Gasteiger partial charge in [0.05, 0.1) is 5.75 Å². The van der Waals surface area contributed by atoms with E-state index in [9.17, 15) is 18.0 Å². The lowest BCUT2D eigenvalue weighted by molar-refractivity contribution is -0.126. The van der Waals surface area contributed by atoms with Crippen LogP contribution in [0.15, 0.2) is 30.3 Å². The summed E-state index contributed by atoms with van der Waals surface area (Å²) in [7, 11) is -3.36.